The highest BCUT2D eigenvalue weighted by atomic mass is 32.1. The van der Waals surface area contributed by atoms with Gasteiger partial charge in [-0.05, 0) is 18.6 Å². The summed E-state index contributed by atoms with van der Waals surface area (Å²) >= 11 is 4.85. The Morgan fingerprint density at radius 2 is 2.35 bits per heavy atom. The van der Waals surface area contributed by atoms with E-state index >= 15 is 0 Å². The molecule has 1 aromatic heterocycles. The van der Waals surface area contributed by atoms with Crippen LogP contribution in [0.15, 0.2) is 18.3 Å². The van der Waals surface area contributed by atoms with E-state index in [0.29, 0.717) is 23.3 Å². The van der Waals surface area contributed by atoms with E-state index < -0.39 is 0 Å². The van der Waals surface area contributed by atoms with Gasteiger partial charge in [-0.15, -0.1) is 0 Å². The van der Waals surface area contributed by atoms with Crippen LogP contribution >= 0.6 is 12.2 Å². The number of ether oxygens (including phenoxy) is 1. The molecule has 0 aliphatic carbocycles. The number of nitrogens with two attached hydrogens (primary N) is 1. The highest BCUT2D eigenvalue weighted by Crippen LogP contribution is 2.10. The van der Waals surface area contributed by atoms with Crippen molar-refractivity contribution in [2.45, 2.75) is 25.8 Å². The van der Waals surface area contributed by atoms with E-state index in [1.807, 2.05) is 12.1 Å². The molecule has 1 atom stereocenters. The predicted molar refractivity (Wildman–Crippen MR) is 74.3 cm³/mol. The lowest BCUT2D eigenvalue weighted by Crippen LogP contribution is -2.24. The third-order valence-electron chi connectivity index (χ3n) is 2.39. The van der Waals surface area contributed by atoms with E-state index in [4.69, 9.17) is 22.7 Å². The fourth-order valence-electron chi connectivity index (χ4n) is 1.61. The van der Waals surface area contributed by atoms with Crippen LogP contribution in [0.3, 0.4) is 0 Å². The zero-order valence-electron chi connectivity index (χ0n) is 10.3. The van der Waals surface area contributed by atoms with E-state index in [9.17, 15) is 0 Å². The Hall–Kier alpha value is -1.20. The lowest BCUT2D eigenvalue weighted by atomic mass is 10.1. The van der Waals surface area contributed by atoms with Gasteiger partial charge in [0, 0.05) is 13.2 Å². The van der Waals surface area contributed by atoms with E-state index in [1.165, 1.54) is 0 Å². The molecule has 0 radical (unpaired) electrons. The average Bonchev–Trinajstić information content (AvgIpc) is 2.30. The molecule has 4 nitrogen and oxygen atoms in total. The average molecular weight is 253 g/mol. The molecule has 0 aliphatic heterocycles. The number of thiocarbonyl (C=S) groups is 1. The third kappa shape index (κ3) is 4.66. The molecule has 0 bridgehead atoms. The van der Waals surface area contributed by atoms with Gasteiger partial charge in [0.05, 0.1) is 24.2 Å². The Labute approximate surface area is 108 Å². The molecule has 3 N–H and O–H groups in total. The second-order valence-electron chi connectivity index (χ2n) is 3.88. The number of nitrogens with zero attached hydrogens (tertiary/aromatic N) is 1. The Morgan fingerprint density at radius 3 is 2.82 bits per heavy atom. The van der Waals surface area contributed by atoms with Crippen LogP contribution in [0.5, 0.6) is 0 Å². The van der Waals surface area contributed by atoms with Crippen LogP contribution in [0.25, 0.3) is 0 Å². The summed E-state index contributed by atoms with van der Waals surface area (Å²) in [5.74, 6) is 0. The molecular formula is C12H19N3OS. The summed E-state index contributed by atoms with van der Waals surface area (Å²) in [5.41, 5.74) is 7.09. The highest BCUT2D eigenvalue weighted by molar-refractivity contribution is 7.80. The first-order chi connectivity index (χ1) is 8.17. The first kappa shape index (κ1) is 13.9. The Balaban J connectivity index is 2.62. The SMILES string of the molecule is CCCC(COC)Nc1ccc(C(N)=S)nc1. The molecule has 17 heavy (non-hydrogen) atoms. The van der Waals surface area contributed by atoms with Gasteiger partial charge in [-0.25, -0.2) is 0 Å². The zero-order chi connectivity index (χ0) is 12.7. The van der Waals surface area contributed by atoms with Crippen molar-refractivity contribution in [1.29, 1.82) is 0 Å². The Kier molecular flexibility index (Phi) is 5.86. The summed E-state index contributed by atoms with van der Waals surface area (Å²) in [4.78, 5) is 4.50. The van der Waals surface area contributed by atoms with Crippen molar-refractivity contribution in [1.82, 2.24) is 4.98 Å². The van der Waals surface area contributed by atoms with Crippen LogP contribution in [0.1, 0.15) is 25.5 Å². The minimum atomic E-state index is 0.308. The van der Waals surface area contributed by atoms with Gasteiger partial charge in [0.1, 0.15) is 4.99 Å². The molecule has 0 aliphatic rings. The van der Waals surface area contributed by atoms with Gasteiger partial charge in [0.15, 0.2) is 0 Å². The smallest absolute Gasteiger partial charge is 0.122 e. The predicted octanol–water partition coefficient (Wildman–Crippen LogP) is 1.94. The van der Waals surface area contributed by atoms with Gasteiger partial charge >= 0.3 is 0 Å². The zero-order valence-corrected chi connectivity index (χ0v) is 11.1. The molecule has 0 aromatic carbocycles. The topological polar surface area (TPSA) is 60.2 Å². The summed E-state index contributed by atoms with van der Waals surface area (Å²) < 4.78 is 5.17. The lowest BCUT2D eigenvalue weighted by Gasteiger charge is -2.18. The van der Waals surface area contributed by atoms with Gasteiger partial charge in [-0.3, -0.25) is 4.98 Å². The standard InChI is InChI=1S/C12H19N3OS/c1-3-4-10(8-16-2)15-9-5-6-11(12(13)17)14-7-9/h5-7,10,15H,3-4,8H2,1-2H3,(H2,13,17). The third-order valence-corrected chi connectivity index (χ3v) is 2.60. The van der Waals surface area contributed by atoms with Crippen molar-refractivity contribution >= 4 is 22.9 Å². The molecule has 1 unspecified atom stereocenters. The number of hydrogen-bond acceptors (Lipinski definition) is 4. The van der Waals surface area contributed by atoms with E-state index in [2.05, 4.69) is 17.2 Å². The van der Waals surface area contributed by atoms with Crippen molar-refractivity contribution < 1.29 is 4.74 Å². The number of aromatic nitrogens is 1. The maximum Gasteiger partial charge on any atom is 0.122 e. The van der Waals surface area contributed by atoms with E-state index in [-0.39, 0.29) is 0 Å². The summed E-state index contributed by atoms with van der Waals surface area (Å²) in [7, 11) is 1.71. The van der Waals surface area contributed by atoms with Gasteiger partial charge in [-0.2, -0.15) is 0 Å². The molecule has 0 saturated heterocycles. The number of rotatable bonds is 7. The fraction of sp³-hybridized carbons (Fsp3) is 0.500. The molecular weight excluding hydrogens is 234 g/mol. The first-order valence-electron chi connectivity index (χ1n) is 5.68. The maximum atomic E-state index is 5.49. The van der Waals surface area contributed by atoms with Crippen LogP contribution in [-0.2, 0) is 4.74 Å². The molecule has 1 aromatic rings. The number of anilines is 1. The molecule has 94 valence electrons. The number of nitrogens with one attached hydrogen (secondary N) is 1. The normalized spacial score (nSPS) is 12.1. The highest BCUT2D eigenvalue weighted by Gasteiger charge is 2.07. The summed E-state index contributed by atoms with van der Waals surface area (Å²) in [6.45, 7) is 2.84. The largest absolute Gasteiger partial charge is 0.388 e. The van der Waals surface area contributed by atoms with Crippen molar-refractivity contribution in [2.75, 3.05) is 19.0 Å². The molecule has 0 spiro atoms. The minimum absolute atomic E-state index is 0.308. The molecule has 0 saturated carbocycles. The number of methoxy groups -OCH3 is 1. The monoisotopic (exact) mass is 253 g/mol. The summed E-state index contributed by atoms with van der Waals surface area (Å²) in [5, 5.41) is 3.38. The molecule has 0 amide bonds. The first-order valence-corrected chi connectivity index (χ1v) is 6.09. The number of hydrogen-bond donors (Lipinski definition) is 2. The fourth-order valence-corrected chi connectivity index (χ4v) is 1.73. The Morgan fingerprint density at radius 1 is 1.59 bits per heavy atom. The van der Waals surface area contributed by atoms with Crippen molar-refractivity contribution in [3.63, 3.8) is 0 Å². The van der Waals surface area contributed by atoms with Crippen molar-refractivity contribution in [2.24, 2.45) is 5.73 Å². The maximum absolute atomic E-state index is 5.49. The minimum Gasteiger partial charge on any atom is -0.388 e. The van der Waals surface area contributed by atoms with Crippen LogP contribution in [0.4, 0.5) is 5.69 Å². The molecule has 1 rings (SSSR count). The summed E-state index contributed by atoms with van der Waals surface area (Å²) in [6, 6.07) is 4.06. The van der Waals surface area contributed by atoms with Gasteiger partial charge in [0.2, 0.25) is 0 Å². The Bertz CT molecular complexity index is 347. The van der Waals surface area contributed by atoms with Gasteiger partial charge < -0.3 is 15.8 Å². The van der Waals surface area contributed by atoms with Gasteiger partial charge in [0.25, 0.3) is 0 Å². The van der Waals surface area contributed by atoms with Gasteiger partial charge in [-0.1, -0.05) is 25.6 Å². The quantitative estimate of drug-likeness (QED) is 0.727. The lowest BCUT2D eigenvalue weighted by molar-refractivity contribution is 0.182. The second-order valence-corrected chi connectivity index (χ2v) is 4.32. The van der Waals surface area contributed by atoms with E-state index in [1.54, 1.807) is 13.3 Å². The molecule has 5 heteroatoms. The molecule has 1 heterocycles. The second kappa shape index (κ2) is 7.19. The van der Waals surface area contributed by atoms with Crippen molar-refractivity contribution in [3.8, 4) is 0 Å². The van der Waals surface area contributed by atoms with E-state index in [0.717, 1.165) is 18.5 Å². The summed E-state index contributed by atoms with van der Waals surface area (Å²) in [6.07, 6.45) is 3.91. The van der Waals surface area contributed by atoms with Crippen LogP contribution in [0.2, 0.25) is 0 Å². The van der Waals surface area contributed by atoms with Crippen molar-refractivity contribution in [3.05, 3.63) is 24.0 Å². The van der Waals surface area contributed by atoms with Crippen LogP contribution < -0.4 is 11.1 Å². The van der Waals surface area contributed by atoms with Crippen LogP contribution in [0, 0.1) is 0 Å². The van der Waals surface area contributed by atoms with Crippen LogP contribution in [-0.4, -0.2) is 29.7 Å². The number of pyridine rings is 1. The molecule has 0 fully saturated rings.